The predicted molar refractivity (Wildman–Crippen MR) is 224 cm³/mol. The van der Waals surface area contributed by atoms with Gasteiger partial charge in [-0.15, -0.1) is 0 Å². The second-order valence-corrected chi connectivity index (χ2v) is 13.1. The van der Waals surface area contributed by atoms with Gasteiger partial charge in [0.15, 0.2) is 5.75 Å². The lowest BCUT2D eigenvalue weighted by Crippen LogP contribution is -2.35. The number of aromatic hydroxyl groups is 1. The van der Waals surface area contributed by atoms with Crippen molar-refractivity contribution in [1.29, 1.82) is 0 Å². The summed E-state index contributed by atoms with van der Waals surface area (Å²) in [5, 5.41) is 27.9. The first-order chi connectivity index (χ1) is 29.9. The van der Waals surface area contributed by atoms with E-state index >= 15 is 0 Å². The molecule has 1 unspecified atom stereocenters. The SMILES string of the molecule is C#COc1ccc(C(=O)O)c(C(=O)Oc2ccc(C(C)(C(=O)OC)c3ccc(OOCc4cc(OCCOc5ccccc5)ccc4C(=O)O)cc3)cc2)c1.Oc1ccccc1. The molecule has 0 bridgehead atoms. The van der Waals surface area contributed by atoms with Crippen LogP contribution >= 0.6 is 0 Å². The number of para-hydroxylation sites is 2. The van der Waals surface area contributed by atoms with Gasteiger partial charge in [0.2, 0.25) is 0 Å². The molecule has 62 heavy (non-hydrogen) atoms. The van der Waals surface area contributed by atoms with Crippen LogP contribution in [0.2, 0.25) is 0 Å². The molecule has 316 valence electrons. The summed E-state index contributed by atoms with van der Waals surface area (Å²) >= 11 is 0. The highest BCUT2D eigenvalue weighted by atomic mass is 17.2. The summed E-state index contributed by atoms with van der Waals surface area (Å²) < 4.78 is 26.9. The molecule has 0 heterocycles. The van der Waals surface area contributed by atoms with Crippen molar-refractivity contribution in [1.82, 2.24) is 0 Å². The van der Waals surface area contributed by atoms with E-state index < -0.39 is 29.3 Å². The number of esters is 2. The number of carbonyl (C=O) groups excluding carboxylic acids is 2. The molecule has 3 N–H and O–H groups in total. The molecule has 6 aromatic rings. The Morgan fingerprint density at radius 3 is 1.69 bits per heavy atom. The van der Waals surface area contributed by atoms with E-state index in [1.54, 1.807) is 79.7 Å². The van der Waals surface area contributed by atoms with Crippen LogP contribution < -0.4 is 23.8 Å². The van der Waals surface area contributed by atoms with Crippen LogP contribution in [0.25, 0.3) is 0 Å². The lowest BCUT2D eigenvalue weighted by molar-refractivity contribution is -0.217. The molecule has 6 rings (SSSR count). The Labute approximate surface area is 356 Å². The van der Waals surface area contributed by atoms with Gasteiger partial charge in [0.1, 0.15) is 60.1 Å². The third-order valence-electron chi connectivity index (χ3n) is 9.08. The maximum atomic E-state index is 13.2. The van der Waals surface area contributed by atoms with Crippen LogP contribution in [-0.2, 0) is 26.4 Å². The quantitative estimate of drug-likeness (QED) is 0.0199. The zero-order valence-electron chi connectivity index (χ0n) is 33.4. The molecular formula is C48H40O14. The third-order valence-corrected chi connectivity index (χ3v) is 9.08. The van der Waals surface area contributed by atoms with Crippen LogP contribution in [0, 0.1) is 12.5 Å². The van der Waals surface area contributed by atoms with E-state index in [0.29, 0.717) is 33.9 Å². The minimum Gasteiger partial charge on any atom is -0.508 e. The van der Waals surface area contributed by atoms with E-state index in [2.05, 4.69) is 0 Å². The molecule has 0 spiro atoms. The summed E-state index contributed by atoms with van der Waals surface area (Å²) in [5.41, 5.74) is -0.608. The molecule has 0 amide bonds. The van der Waals surface area contributed by atoms with E-state index in [-0.39, 0.29) is 53.8 Å². The lowest BCUT2D eigenvalue weighted by Gasteiger charge is -2.28. The maximum absolute atomic E-state index is 13.2. The van der Waals surface area contributed by atoms with Gasteiger partial charge in [0, 0.05) is 5.56 Å². The Morgan fingerprint density at radius 1 is 0.613 bits per heavy atom. The molecule has 0 saturated heterocycles. The van der Waals surface area contributed by atoms with Gasteiger partial charge in [-0.3, -0.25) is 4.79 Å². The number of rotatable bonds is 17. The first-order valence-corrected chi connectivity index (χ1v) is 18.6. The smallest absolute Gasteiger partial charge is 0.344 e. The number of hydrogen-bond acceptors (Lipinski definition) is 12. The number of ether oxygens (including phenoxy) is 5. The summed E-state index contributed by atoms with van der Waals surface area (Å²) in [6.07, 6.45) is 7.10. The maximum Gasteiger partial charge on any atom is 0.344 e. The fraction of sp³-hybridized carbons (Fsp3) is 0.125. The Balaban J connectivity index is 0.000000941. The van der Waals surface area contributed by atoms with Gasteiger partial charge in [-0.1, -0.05) is 67.1 Å². The fourth-order valence-electron chi connectivity index (χ4n) is 5.89. The number of phenolic OH excluding ortho intramolecular Hbond substituents is 1. The molecule has 0 aliphatic carbocycles. The number of benzene rings is 6. The molecule has 0 aliphatic rings. The topological polar surface area (TPSA) is 194 Å². The number of carboxylic acids is 2. The molecule has 0 radical (unpaired) electrons. The third kappa shape index (κ3) is 11.9. The van der Waals surface area contributed by atoms with Gasteiger partial charge in [-0.2, -0.15) is 4.89 Å². The van der Waals surface area contributed by atoms with Crippen molar-refractivity contribution in [3.8, 4) is 47.0 Å². The van der Waals surface area contributed by atoms with Crippen molar-refractivity contribution in [3.63, 3.8) is 0 Å². The Kier molecular flexibility index (Phi) is 15.6. The fourth-order valence-corrected chi connectivity index (χ4v) is 5.89. The highest BCUT2D eigenvalue weighted by molar-refractivity contribution is 6.03. The monoisotopic (exact) mass is 840 g/mol. The normalized spacial score (nSPS) is 11.2. The Morgan fingerprint density at radius 2 is 1.15 bits per heavy atom. The summed E-state index contributed by atoms with van der Waals surface area (Å²) in [6, 6.07) is 38.6. The van der Waals surface area contributed by atoms with Crippen molar-refractivity contribution >= 4 is 23.9 Å². The van der Waals surface area contributed by atoms with E-state index in [9.17, 15) is 29.4 Å². The minimum absolute atomic E-state index is 0.00957. The number of carbonyl (C=O) groups is 4. The first kappa shape index (κ1) is 44.8. The van der Waals surface area contributed by atoms with Gasteiger partial charge < -0.3 is 43.9 Å². The van der Waals surface area contributed by atoms with Crippen molar-refractivity contribution in [2.45, 2.75) is 18.9 Å². The van der Waals surface area contributed by atoms with Crippen LogP contribution in [0.5, 0.6) is 34.5 Å². The largest absolute Gasteiger partial charge is 0.508 e. The molecule has 0 fully saturated rings. The van der Waals surface area contributed by atoms with Crippen LogP contribution in [-0.4, -0.2) is 59.5 Å². The van der Waals surface area contributed by atoms with Crippen molar-refractivity contribution in [2.75, 3.05) is 20.3 Å². The van der Waals surface area contributed by atoms with Crippen LogP contribution in [0.15, 0.2) is 146 Å². The first-order valence-electron chi connectivity index (χ1n) is 18.6. The lowest BCUT2D eigenvalue weighted by atomic mass is 9.76. The Hall–Kier alpha value is -8.28. The average molecular weight is 841 g/mol. The van der Waals surface area contributed by atoms with Gasteiger partial charge in [-0.05, 0) is 103 Å². The van der Waals surface area contributed by atoms with Crippen molar-refractivity contribution in [2.24, 2.45) is 0 Å². The average Bonchev–Trinajstić information content (AvgIpc) is 3.28. The van der Waals surface area contributed by atoms with E-state index in [1.165, 1.54) is 43.5 Å². The molecule has 14 heteroatoms. The summed E-state index contributed by atoms with van der Waals surface area (Å²) in [5.74, 6) is -2.20. The zero-order chi connectivity index (χ0) is 44.5. The standard InChI is InChI=1S/C42H34O13.C6H6O/c1-4-50-34-19-21-36(39(45)46)37(25-34)40(47)54-31-14-10-28(11-15-31)42(2,41(48)49-3)29-12-16-32(17-13-29)55-53-26-27-24-33(18-20-35(27)38(43)44)52-23-22-51-30-8-6-5-7-9-30;7-6-4-2-1-3-5-6/h1,5-21,24-25H,22-23,26H2,2-3H3,(H,43,44)(H,45,46);1-5,7H. The summed E-state index contributed by atoms with van der Waals surface area (Å²) in [6.45, 7) is 1.93. The van der Waals surface area contributed by atoms with E-state index in [1.807, 2.05) is 42.5 Å². The molecule has 0 aliphatic heterocycles. The number of aromatic carboxylic acids is 2. The van der Waals surface area contributed by atoms with Crippen molar-refractivity contribution < 1.29 is 68.0 Å². The number of carboxylic acid groups (broad SMARTS) is 2. The number of phenols is 1. The molecular weight excluding hydrogens is 801 g/mol. The summed E-state index contributed by atoms with van der Waals surface area (Å²) in [7, 11) is 1.25. The molecule has 1 atom stereocenters. The predicted octanol–water partition coefficient (Wildman–Crippen LogP) is 8.11. The van der Waals surface area contributed by atoms with Gasteiger partial charge >= 0.3 is 23.9 Å². The van der Waals surface area contributed by atoms with Crippen LogP contribution in [0.1, 0.15) is 54.7 Å². The molecule has 0 saturated carbocycles. The van der Waals surface area contributed by atoms with Crippen molar-refractivity contribution in [3.05, 3.63) is 179 Å². The number of terminal acetylenes is 1. The second kappa shape index (κ2) is 21.6. The van der Waals surface area contributed by atoms with Gasteiger partial charge in [0.05, 0.1) is 23.8 Å². The Bertz CT molecular complexity index is 2500. The molecule has 14 nitrogen and oxygen atoms in total. The van der Waals surface area contributed by atoms with Crippen LogP contribution in [0.4, 0.5) is 0 Å². The van der Waals surface area contributed by atoms with Gasteiger partial charge in [0.25, 0.3) is 0 Å². The highest BCUT2D eigenvalue weighted by Gasteiger charge is 2.38. The van der Waals surface area contributed by atoms with Gasteiger partial charge in [-0.25, -0.2) is 14.4 Å². The zero-order valence-corrected chi connectivity index (χ0v) is 33.4. The summed E-state index contributed by atoms with van der Waals surface area (Å²) in [4.78, 5) is 60.6. The molecule has 6 aromatic carbocycles. The van der Waals surface area contributed by atoms with E-state index in [0.717, 1.165) is 0 Å². The second-order valence-electron chi connectivity index (χ2n) is 13.1. The minimum atomic E-state index is -1.35. The van der Waals surface area contributed by atoms with E-state index in [4.69, 9.17) is 45.0 Å². The highest BCUT2D eigenvalue weighted by Crippen LogP contribution is 2.36. The number of methoxy groups -OCH3 is 1. The molecule has 0 aromatic heterocycles. The number of hydrogen-bond donors (Lipinski definition) is 3. The van der Waals surface area contributed by atoms with Crippen LogP contribution in [0.3, 0.4) is 0 Å².